The van der Waals surface area contributed by atoms with Gasteiger partial charge in [0.1, 0.15) is 13.2 Å². The largest absolute Gasteiger partial charge is 0.460 e. The highest BCUT2D eigenvalue weighted by Crippen LogP contribution is 2.21. The summed E-state index contributed by atoms with van der Waals surface area (Å²) in [4.78, 5) is 51.0. The Labute approximate surface area is 261 Å². The summed E-state index contributed by atoms with van der Waals surface area (Å²) in [6, 6.07) is 18.5. The van der Waals surface area contributed by atoms with Crippen molar-refractivity contribution in [3.8, 4) is 0 Å². The Balaban J connectivity index is 1.81. The van der Waals surface area contributed by atoms with Crippen molar-refractivity contribution in [1.82, 2.24) is 10.6 Å². The standard InChI is InChI=1S/C34H48N2O8/c1-26(21-30(37)36-25-34(2,3)22-31(38)35-17-18-42-20-19-41-4)15-16-29(32(39)43-23-27-11-7-5-8-12-27)33(40)44-24-28-13-9-6-10-14-28/h5-14,26,29H,15-25H2,1-4H3,(H,35,38)(H,36,37). The lowest BCUT2D eigenvalue weighted by molar-refractivity contribution is -0.164. The lowest BCUT2D eigenvalue weighted by Gasteiger charge is -2.25. The fourth-order valence-electron chi connectivity index (χ4n) is 4.34. The van der Waals surface area contributed by atoms with Crippen molar-refractivity contribution in [2.24, 2.45) is 17.3 Å². The Kier molecular flexibility index (Phi) is 16.8. The molecular weight excluding hydrogens is 564 g/mol. The molecule has 0 heterocycles. The smallest absolute Gasteiger partial charge is 0.320 e. The number of esters is 2. The molecule has 0 saturated carbocycles. The number of hydrogen-bond acceptors (Lipinski definition) is 8. The Morgan fingerprint density at radius 1 is 0.750 bits per heavy atom. The second kappa shape index (κ2) is 20.2. The molecule has 44 heavy (non-hydrogen) atoms. The van der Waals surface area contributed by atoms with Crippen molar-refractivity contribution in [3.63, 3.8) is 0 Å². The van der Waals surface area contributed by atoms with Gasteiger partial charge in [-0.05, 0) is 35.3 Å². The number of methoxy groups -OCH3 is 1. The van der Waals surface area contributed by atoms with Crippen molar-refractivity contribution >= 4 is 23.8 Å². The molecule has 2 N–H and O–H groups in total. The molecule has 2 amide bonds. The van der Waals surface area contributed by atoms with Crippen molar-refractivity contribution < 1.29 is 38.1 Å². The van der Waals surface area contributed by atoms with E-state index in [1.54, 1.807) is 7.11 Å². The first-order valence-corrected chi connectivity index (χ1v) is 15.1. The fourth-order valence-corrected chi connectivity index (χ4v) is 4.34. The minimum Gasteiger partial charge on any atom is -0.460 e. The topological polar surface area (TPSA) is 129 Å². The molecule has 0 radical (unpaired) electrons. The third-order valence-corrected chi connectivity index (χ3v) is 6.90. The van der Waals surface area contributed by atoms with E-state index in [0.717, 1.165) is 11.1 Å². The lowest BCUT2D eigenvalue weighted by Crippen LogP contribution is -2.39. The first-order chi connectivity index (χ1) is 21.1. The van der Waals surface area contributed by atoms with E-state index in [1.807, 2.05) is 81.4 Å². The zero-order valence-electron chi connectivity index (χ0n) is 26.5. The highest BCUT2D eigenvalue weighted by molar-refractivity contribution is 5.94. The Morgan fingerprint density at radius 3 is 1.86 bits per heavy atom. The third kappa shape index (κ3) is 15.6. The van der Waals surface area contributed by atoms with E-state index in [9.17, 15) is 19.2 Å². The zero-order chi connectivity index (χ0) is 32.2. The van der Waals surface area contributed by atoms with Crippen LogP contribution in [0.3, 0.4) is 0 Å². The number of rotatable bonds is 21. The van der Waals surface area contributed by atoms with E-state index in [0.29, 0.717) is 39.3 Å². The van der Waals surface area contributed by atoms with Crippen LogP contribution >= 0.6 is 0 Å². The number of carbonyl (C=O) groups is 4. The fraction of sp³-hybridized carbons (Fsp3) is 0.529. The Morgan fingerprint density at radius 2 is 1.32 bits per heavy atom. The number of ether oxygens (including phenoxy) is 4. The summed E-state index contributed by atoms with van der Waals surface area (Å²) in [6.45, 7) is 7.94. The Hall–Kier alpha value is -3.76. The van der Waals surface area contributed by atoms with E-state index < -0.39 is 23.3 Å². The predicted octanol–water partition coefficient (Wildman–Crippen LogP) is 4.21. The molecule has 0 aliphatic heterocycles. The van der Waals surface area contributed by atoms with Gasteiger partial charge >= 0.3 is 11.9 Å². The van der Waals surface area contributed by atoms with Crippen LogP contribution in [-0.2, 0) is 51.3 Å². The van der Waals surface area contributed by atoms with Gasteiger partial charge in [-0.25, -0.2) is 0 Å². The minimum absolute atomic E-state index is 0.0517. The van der Waals surface area contributed by atoms with Crippen molar-refractivity contribution in [1.29, 1.82) is 0 Å². The van der Waals surface area contributed by atoms with Gasteiger partial charge in [-0.1, -0.05) is 81.4 Å². The maximum Gasteiger partial charge on any atom is 0.320 e. The van der Waals surface area contributed by atoms with Gasteiger partial charge in [-0.15, -0.1) is 0 Å². The summed E-state index contributed by atoms with van der Waals surface area (Å²) in [6.07, 6.45) is 1.10. The van der Waals surface area contributed by atoms with Crippen LogP contribution in [0.2, 0.25) is 0 Å². The average molecular weight is 613 g/mol. The quantitative estimate of drug-likeness (QED) is 0.122. The summed E-state index contributed by atoms with van der Waals surface area (Å²) >= 11 is 0. The van der Waals surface area contributed by atoms with Gasteiger partial charge in [0.25, 0.3) is 0 Å². The number of hydrogen-bond donors (Lipinski definition) is 2. The molecular formula is C34H48N2O8. The van der Waals surface area contributed by atoms with Crippen LogP contribution in [-0.4, -0.2) is 63.8 Å². The second-order valence-electron chi connectivity index (χ2n) is 11.7. The normalized spacial score (nSPS) is 11.9. The van der Waals surface area contributed by atoms with Crippen LogP contribution in [0, 0.1) is 17.3 Å². The predicted molar refractivity (Wildman–Crippen MR) is 166 cm³/mol. The molecule has 0 aromatic heterocycles. The maximum absolute atomic E-state index is 13.0. The molecule has 242 valence electrons. The van der Waals surface area contributed by atoms with Crippen LogP contribution in [0.4, 0.5) is 0 Å². The van der Waals surface area contributed by atoms with Gasteiger partial charge in [0, 0.05) is 33.0 Å². The van der Waals surface area contributed by atoms with E-state index >= 15 is 0 Å². The molecule has 0 aliphatic rings. The number of amides is 2. The molecule has 1 atom stereocenters. The van der Waals surface area contributed by atoms with Crippen LogP contribution < -0.4 is 10.6 Å². The van der Waals surface area contributed by atoms with E-state index in [4.69, 9.17) is 18.9 Å². The zero-order valence-corrected chi connectivity index (χ0v) is 26.5. The highest BCUT2D eigenvalue weighted by atomic mass is 16.6. The summed E-state index contributed by atoms with van der Waals surface area (Å²) in [5.74, 6) is -2.78. The number of benzene rings is 2. The molecule has 2 aromatic carbocycles. The first-order valence-electron chi connectivity index (χ1n) is 15.1. The number of carbonyl (C=O) groups excluding carboxylic acids is 4. The Bertz CT molecular complexity index is 1080. The maximum atomic E-state index is 13.0. The monoisotopic (exact) mass is 612 g/mol. The average Bonchev–Trinajstić information content (AvgIpc) is 3.00. The first kappa shape index (κ1) is 36.4. The van der Waals surface area contributed by atoms with E-state index in [1.165, 1.54) is 0 Å². The summed E-state index contributed by atoms with van der Waals surface area (Å²) in [5, 5.41) is 5.74. The summed E-state index contributed by atoms with van der Waals surface area (Å²) < 4.78 is 21.2. The van der Waals surface area contributed by atoms with Crippen molar-refractivity contribution in [2.75, 3.05) is 40.0 Å². The van der Waals surface area contributed by atoms with E-state index in [-0.39, 0.29) is 50.2 Å². The molecule has 10 nitrogen and oxygen atoms in total. The van der Waals surface area contributed by atoms with Gasteiger partial charge in [0.15, 0.2) is 5.92 Å². The third-order valence-electron chi connectivity index (χ3n) is 6.90. The van der Waals surface area contributed by atoms with Gasteiger partial charge in [0.05, 0.1) is 19.8 Å². The molecule has 10 heteroatoms. The lowest BCUT2D eigenvalue weighted by atomic mass is 9.88. The van der Waals surface area contributed by atoms with Gasteiger partial charge in [-0.3, -0.25) is 19.2 Å². The van der Waals surface area contributed by atoms with Crippen molar-refractivity contribution in [3.05, 3.63) is 71.8 Å². The van der Waals surface area contributed by atoms with Gasteiger partial charge < -0.3 is 29.6 Å². The van der Waals surface area contributed by atoms with E-state index in [2.05, 4.69) is 10.6 Å². The SMILES string of the molecule is COCCOCCNC(=O)CC(C)(C)CNC(=O)CC(C)CCC(C(=O)OCc1ccccc1)C(=O)OCc1ccccc1. The minimum atomic E-state index is -1.10. The van der Waals surface area contributed by atoms with Crippen LogP contribution in [0.5, 0.6) is 0 Å². The van der Waals surface area contributed by atoms with Gasteiger partial charge in [0.2, 0.25) is 11.8 Å². The summed E-state index contributed by atoms with van der Waals surface area (Å²) in [7, 11) is 1.60. The summed E-state index contributed by atoms with van der Waals surface area (Å²) in [5.41, 5.74) is 1.18. The number of nitrogens with one attached hydrogen (secondary N) is 2. The van der Waals surface area contributed by atoms with Gasteiger partial charge in [-0.2, -0.15) is 0 Å². The molecule has 0 bridgehead atoms. The highest BCUT2D eigenvalue weighted by Gasteiger charge is 2.31. The second-order valence-corrected chi connectivity index (χ2v) is 11.7. The molecule has 1 unspecified atom stereocenters. The van der Waals surface area contributed by atoms with Crippen LogP contribution in [0.1, 0.15) is 57.6 Å². The van der Waals surface area contributed by atoms with Crippen LogP contribution in [0.25, 0.3) is 0 Å². The molecule has 0 saturated heterocycles. The molecule has 0 spiro atoms. The molecule has 0 aliphatic carbocycles. The van der Waals surface area contributed by atoms with Crippen molar-refractivity contribution in [2.45, 2.75) is 59.7 Å². The van der Waals surface area contributed by atoms with Crippen LogP contribution in [0.15, 0.2) is 60.7 Å². The molecule has 0 fully saturated rings. The molecule has 2 rings (SSSR count). The molecule has 2 aromatic rings.